The van der Waals surface area contributed by atoms with Crippen LogP contribution in [0, 0.1) is 0 Å². The number of rotatable bonds is 11. The van der Waals surface area contributed by atoms with Crippen molar-refractivity contribution in [3.63, 3.8) is 0 Å². The van der Waals surface area contributed by atoms with E-state index < -0.39 is 0 Å². The Labute approximate surface area is 244 Å². The molecule has 2 heterocycles. The number of amides is 3. The first kappa shape index (κ1) is 29.5. The lowest BCUT2D eigenvalue weighted by Gasteiger charge is -2.34. The van der Waals surface area contributed by atoms with Crippen molar-refractivity contribution in [2.45, 2.75) is 19.8 Å². The van der Waals surface area contributed by atoms with Crippen LogP contribution in [0.4, 0.5) is 5.13 Å². The van der Waals surface area contributed by atoms with Crippen LogP contribution in [0.15, 0.2) is 66.1 Å². The number of piperazine rings is 1. The Morgan fingerprint density at radius 3 is 2.48 bits per heavy atom. The van der Waals surface area contributed by atoms with Crippen molar-refractivity contribution in [1.29, 1.82) is 0 Å². The number of carbonyl (C=O) groups excluding carboxylic acids is 3. The molecule has 210 valence electrons. The molecule has 0 radical (unpaired) electrons. The molecule has 1 fully saturated rings. The number of thiazole rings is 1. The number of aromatic nitrogens is 1. The maximum Gasteiger partial charge on any atom is 0.254 e. The predicted octanol–water partition coefficient (Wildman–Crippen LogP) is 4.69. The van der Waals surface area contributed by atoms with Crippen LogP contribution in [-0.4, -0.2) is 83.2 Å². The van der Waals surface area contributed by atoms with Crippen LogP contribution in [0.2, 0.25) is 5.02 Å². The summed E-state index contributed by atoms with van der Waals surface area (Å²) in [7, 11) is 0. The van der Waals surface area contributed by atoms with Gasteiger partial charge in [-0.05, 0) is 36.2 Å². The van der Waals surface area contributed by atoms with Gasteiger partial charge in [0.2, 0.25) is 11.8 Å². The van der Waals surface area contributed by atoms with Crippen LogP contribution in [0.25, 0.3) is 6.08 Å². The lowest BCUT2D eigenvalue weighted by molar-refractivity contribution is -0.132. The third-order valence-corrected chi connectivity index (χ3v) is 7.59. The van der Waals surface area contributed by atoms with Gasteiger partial charge in [0.05, 0.1) is 12.1 Å². The third-order valence-electron chi connectivity index (χ3n) is 6.54. The zero-order chi connectivity index (χ0) is 28.3. The molecular weight excluding hydrogens is 546 g/mol. The van der Waals surface area contributed by atoms with Crippen LogP contribution >= 0.6 is 22.9 Å². The van der Waals surface area contributed by atoms with Crippen LogP contribution in [0.5, 0.6) is 0 Å². The van der Waals surface area contributed by atoms with Crippen molar-refractivity contribution in [3.05, 3.63) is 87.9 Å². The fraction of sp³-hybridized carbons (Fsp3) is 0.333. The Morgan fingerprint density at radius 2 is 1.77 bits per heavy atom. The Kier molecular flexibility index (Phi) is 10.9. The number of carbonyl (C=O) groups is 3. The highest BCUT2D eigenvalue weighted by Crippen LogP contribution is 2.18. The zero-order valence-corrected chi connectivity index (χ0v) is 24.2. The second-order valence-corrected chi connectivity index (χ2v) is 10.9. The molecule has 1 aliphatic heterocycles. The Morgan fingerprint density at radius 1 is 1.05 bits per heavy atom. The van der Waals surface area contributed by atoms with E-state index in [1.54, 1.807) is 29.6 Å². The van der Waals surface area contributed by atoms with E-state index in [-0.39, 0.29) is 30.7 Å². The first-order chi connectivity index (χ1) is 19.4. The van der Waals surface area contributed by atoms with Crippen molar-refractivity contribution in [2.24, 2.45) is 0 Å². The monoisotopic (exact) mass is 579 g/mol. The molecule has 2 aromatic carbocycles. The minimum atomic E-state index is -0.333. The summed E-state index contributed by atoms with van der Waals surface area (Å²) in [6, 6.07) is 16.8. The van der Waals surface area contributed by atoms with E-state index in [1.807, 2.05) is 30.0 Å². The second kappa shape index (κ2) is 14.7. The Bertz CT molecular complexity index is 1300. The van der Waals surface area contributed by atoms with Crippen molar-refractivity contribution >= 4 is 51.9 Å². The molecule has 0 unspecified atom stereocenters. The fourth-order valence-corrected chi connectivity index (χ4v) is 5.28. The number of halogens is 1. The molecule has 0 spiro atoms. The second-order valence-electron chi connectivity index (χ2n) is 9.60. The molecule has 3 amide bonds. The van der Waals surface area contributed by atoms with Gasteiger partial charge in [-0.15, -0.1) is 11.3 Å². The number of nitrogens with one attached hydrogen (secondary N) is 1. The van der Waals surface area contributed by atoms with Crippen LogP contribution in [-0.2, 0) is 16.0 Å². The molecule has 4 rings (SSSR count). The van der Waals surface area contributed by atoms with E-state index in [2.05, 4.69) is 39.5 Å². The fourth-order valence-electron chi connectivity index (χ4n) is 4.42. The molecular formula is C30H34ClN5O3S. The maximum atomic E-state index is 12.9. The maximum absolute atomic E-state index is 12.9. The quantitative estimate of drug-likeness (QED) is 0.356. The van der Waals surface area contributed by atoms with Gasteiger partial charge in [-0.2, -0.15) is 0 Å². The Balaban J connectivity index is 1.22. The lowest BCUT2D eigenvalue weighted by atomic mass is 10.2. The SMILES string of the molecule is CCCN(CC(=O)Nc1nc(CC(=O)N2CCN(CC=Cc3ccccc3)CC2)cs1)C(=O)c1ccc(Cl)cc1. The van der Waals surface area contributed by atoms with Gasteiger partial charge in [-0.25, -0.2) is 4.98 Å². The average molecular weight is 580 g/mol. The van der Waals surface area contributed by atoms with Gasteiger partial charge >= 0.3 is 0 Å². The summed E-state index contributed by atoms with van der Waals surface area (Å²) in [5.74, 6) is -0.530. The van der Waals surface area contributed by atoms with Crippen molar-refractivity contribution in [1.82, 2.24) is 19.7 Å². The summed E-state index contributed by atoms with van der Waals surface area (Å²) < 4.78 is 0. The van der Waals surface area contributed by atoms with Gasteiger partial charge in [0.25, 0.3) is 5.91 Å². The van der Waals surface area contributed by atoms with E-state index in [0.29, 0.717) is 41.0 Å². The van der Waals surface area contributed by atoms with Gasteiger partial charge in [0.1, 0.15) is 6.54 Å². The highest BCUT2D eigenvalue weighted by molar-refractivity contribution is 7.13. The van der Waals surface area contributed by atoms with E-state index in [4.69, 9.17) is 11.6 Å². The van der Waals surface area contributed by atoms with Crippen molar-refractivity contribution < 1.29 is 14.4 Å². The highest BCUT2D eigenvalue weighted by Gasteiger charge is 2.22. The summed E-state index contributed by atoms with van der Waals surface area (Å²) >= 11 is 7.20. The topological polar surface area (TPSA) is 85.8 Å². The largest absolute Gasteiger partial charge is 0.340 e. The molecule has 1 saturated heterocycles. The smallest absolute Gasteiger partial charge is 0.254 e. The molecule has 1 N–H and O–H groups in total. The number of nitrogens with zero attached hydrogens (tertiary/aromatic N) is 4. The lowest BCUT2D eigenvalue weighted by Crippen LogP contribution is -2.49. The molecule has 1 aliphatic rings. The number of hydrogen-bond donors (Lipinski definition) is 1. The van der Waals surface area contributed by atoms with Crippen LogP contribution in [0.1, 0.15) is 35.0 Å². The minimum absolute atomic E-state index is 0.0327. The number of hydrogen-bond acceptors (Lipinski definition) is 6. The normalized spacial score (nSPS) is 13.9. The predicted molar refractivity (Wildman–Crippen MR) is 161 cm³/mol. The highest BCUT2D eigenvalue weighted by atomic mass is 35.5. The van der Waals surface area contributed by atoms with Gasteiger partial charge in [0, 0.05) is 55.2 Å². The summed E-state index contributed by atoms with van der Waals surface area (Å²) in [4.78, 5) is 48.6. The molecule has 0 atom stereocenters. The van der Waals surface area contributed by atoms with Crippen LogP contribution in [0.3, 0.4) is 0 Å². The number of anilines is 1. The molecule has 8 nitrogen and oxygen atoms in total. The summed E-state index contributed by atoms with van der Waals surface area (Å²) in [5, 5.41) is 5.52. The van der Waals surface area contributed by atoms with Gasteiger partial charge in [-0.1, -0.05) is 61.0 Å². The minimum Gasteiger partial charge on any atom is -0.340 e. The third kappa shape index (κ3) is 8.74. The first-order valence-electron chi connectivity index (χ1n) is 13.4. The van der Waals surface area contributed by atoms with Gasteiger partial charge in [0.15, 0.2) is 5.13 Å². The first-order valence-corrected chi connectivity index (χ1v) is 14.7. The molecule has 1 aromatic heterocycles. The van der Waals surface area contributed by atoms with Crippen molar-refractivity contribution in [2.75, 3.05) is 51.1 Å². The molecule has 0 aliphatic carbocycles. The van der Waals surface area contributed by atoms with Crippen LogP contribution < -0.4 is 5.32 Å². The molecule has 0 bridgehead atoms. The van der Waals surface area contributed by atoms with E-state index >= 15 is 0 Å². The summed E-state index contributed by atoms with van der Waals surface area (Å²) in [6.45, 7) is 6.18. The average Bonchev–Trinajstić information content (AvgIpc) is 3.40. The standard InChI is InChI=1S/C30H34ClN5O3S/c1-2-14-36(29(39)24-10-12-25(31)13-11-24)21-27(37)33-30-32-26(22-40-30)20-28(38)35-18-16-34(17-19-35)15-6-9-23-7-4-3-5-8-23/h3-13,22H,2,14-21H2,1H3,(H,32,33,37). The van der Waals surface area contributed by atoms with E-state index in [9.17, 15) is 14.4 Å². The molecule has 40 heavy (non-hydrogen) atoms. The zero-order valence-electron chi connectivity index (χ0n) is 22.6. The van der Waals surface area contributed by atoms with E-state index in [0.717, 1.165) is 26.1 Å². The molecule has 3 aromatic rings. The Hall–Kier alpha value is -3.53. The van der Waals surface area contributed by atoms with Gasteiger partial charge < -0.3 is 15.1 Å². The molecule has 10 heteroatoms. The van der Waals surface area contributed by atoms with E-state index in [1.165, 1.54) is 21.8 Å². The number of benzene rings is 2. The summed E-state index contributed by atoms with van der Waals surface area (Å²) in [6.07, 6.45) is 5.19. The van der Waals surface area contributed by atoms with Gasteiger partial charge in [-0.3, -0.25) is 19.3 Å². The molecule has 0 saturated carbocycles. The van der Waals surface area contributed by atoms with Crippen molar-refractivity contribution in [3.8, 4) is 0 Å². The summed E-state index contributed by atoms with van der Waals surface area (Å²) in [5.41, 5.74) is 2.28.